The van der Waals surface area contributed by atoms with Crippen molar-refractivity contribution in [2.45, 2.75) is 53.4 Å². The molecule has 1 aliphatic heterocycles. The van der Waals surface area contributed by atoms with Gasteiger partial charge in [0.15, 0.2) is 17.3 Å². The number of Topliss-reactive ketones (excluding diaryl/α,β-unsaturated/α-hetero) is 1. The van der Waals surface area contributed by atoms with Crippen LogP contribution in [0.25, 0.3) is 10.8 Å². The molecular weight excluding hydrogens is 450 g/mol. The van der Waals surface area contributed by atoms with Gasteiger partial charge in [-0.2, -0.15) is 0 Å². The number of benzene rings is 3. The lowest BCUT2D eigenvalue weighted by atomic mass is 9.68. The molecule has 0 fully saturated rings. The van der Waals surface area contributed by atoms with Crippen LogP contribution >= 0.6 is 0 Å². The van der Waals surface area contributed by atoms with Crippen LogP contribution in [0.15, 0.2) is 65.9 Å². The Morgan fingerprint density at radius 2 is 1.83 bits per heavy atom. The minimum absolute atomic E-state index is 0.104. The molecule has 0 saturated heterocycles. The number of carbonyl (C=O) groups excluding carboxylic acids is 2. The van der Waals surface area contributed by atoms with Gasteiger partial charge in [-0.25, -0.2) is 0 Å². The molecule has 5 heteroatoms. The molecule has 3 aromatic rings. The van der Waals surface area contributed by atoms with Crippen molar-refractivity contribution >= 4 is 28.2 Å². The quantitative estimate of drug-likeness (QED) is 0.313. The average molecular weight is 484 g/mol. The van der Waals surface area contributed by atoms with Crippen LogP contribution in [-0.2, 0) is 9.59 Å². The van der Waals surface area contributed by atoms with E-state index in [0.29, 0.717) is 24.5 Å². The Bertz CT molecular complexity index is 1400. The van der Waals surface area contributed by atoms with E-state index in [4.69, 9.17) is 9.47 Å². The Labute approximate surface area is 212 Å². The Hall–Kier alpha value is -3.60. The van der Waals surface area contributed by atoms with E-state index >= 15 is 0 Å². The van der Waals surface area contributed by atoms with Gasteiger partial charge in [0.2, 0.25) is 0 Å². The van der Waals surface area contributed by atoms with Gasteiger partial charge in [0, 0.05) is 29.3 Å². The Kier molecular flexibility index (Phi) is 6.11. The van der Waals surface area contributed by atoms with E-state index in [2.05, 4.69) is 43.4 Å². The fourth-order valence-corrected chi connectivity index (χ4v) is 5.42. The highest BCUT2D eigenvalue weighted by atomic mass is 16.6. The van der Waals surface area contributed by atoms with Gasteiger partial charge in [-0.15, -0.1) is 0 Å². The molecule has 1 heterocycles. The van der Waals surface area contributed by atoms with E-state index in [1.165, 1.54) is 0 Å². The summed E-state index contributed by atoms with van der Waals surface area (Å²) in [6.07, 6.45) is 1.31. The van der Waals surface area contributed by atoms with Gasteiger partial charge in [0.1, 0.15) is 0 Å². The zero-order valence-electron chi connectivity index (χ0n) is 21.6. The van der Waals surface area contributed by atoms with Crippen molar-refractivity contribution in [1.82, 2.24) is 0 Å². The van der Waals surface area contributed by atoms with Gasteiger partial charge in [-0.1, -0.05) is 64.1 Å². The van der Waals surface area contributed by atoms with Crippen molar-refractivity contribution in [3.63, 3.8) is 0 Å². The average Bonchev–Trinajstić information content (AvgIpc) is 2.83. The van der Waals surface area contributed by atoms with Crippen molar-refractivity contribution in [1.29, 1.82) is 0 Å². The SMILES string of the molecule is CCOc1cc(C2C3=C(CC(C)(C)CC3=O)Nc3ccc4ccccc4c32)ccc1OC(=O)C(C)C. The first-order chi connectivity index (χ1) is 17.2. The fraction of sp³-hybridized carbons (Fsp3) is 0.355. The van der Waals surface area contributed by atoms with Crippen LogP contribution in [0.1, 0.15) is 64.5 Å². The first kappa shape index (κ1) is 24.1. The number of nitrogens with one attached hydrogen (secondary N) is 1. The second-order valence-corrected chi connectivity index (χ2v) is 10.9. The van der Waals surface area contributed by atoms with Gasteiger partial charge in [-0.3, -0.25) is 9.59 Å². The lowest BCUT2D eigenvalue weighted by Gasteiger charge is -2.40. The fourth-order valence-electron chi connectivity index (χ4n) is 5.42. The molecule has 5 rings (SSSR count). The summed E-state index contributed by atoms with van der Waals surface area (Å²) in [5.41, 5.74) is 4.78. The predicted molar refractivity (Wildman–Crippen MR) is 143 cm³/mol. The molecule has 36 heavy (non-hydrogen) atoms. The lowest BCUT2D eigenvalue weighted by molar-refractivity contribution is -0.137. The highest BCUT2D eigenvalue weighted by Crippen LogP contribution is 2.51. The molecule has 0 bridgehead atoms. The Balaban J connectivity index is 1.72. The summed E-state index contributed by atoms with van der Waals surface area (Å²) in [4.78, 5) is 26.0. The van der Waals surface area contributed by atoms with E-state index in [0.717, 1.165) is 45.3 Å². The molecular formula is C31H33NO4. The van der Waals surface area contributed by atoms with Crippen LogP contribution < -0.4 is 14.8 Å². The van der Waals surface area contributed by atoms with Crippen LogP contribution in [-0.4, -0.2) is 18.4 Å². The summed E-state index contributed by atoms with van der Waals surface area (Å²) >= 11 is 0. The van der Waals surface area contributed by atoms with E-state index in [1.807, 2.05) is 31.2 Å². The highest BCUT2D eigenvalue weighted by Gasteiger charge is 2.41. The third kappa shape index (κ3) is 4.27. The van der Waals surface area contributed by atoms with Gasteiger partial charge >= 0.3 is 5.97 Å². The van der Waals surface area contributed by atoms with Crippen LogP contribution in [0.3, 0.4) is 0 Å². The molecule has 1 aliphatic carbocycles. The number of anilines is 1. The maximum Gasteiger partial charge on any atom is 0.313 e. The monoisotopic (exact) mass is 483 g/mol. The van der Waals surface area contributed by atoms with E-state index in [9.17, 15) is 9.59 Å². The number of fused-ring (bicyclic) bond motifs is 3. The topological polar surface area (TPSA) is 64.6 Å². The number of hydrogen-bond donors (Lipinski definition) is 1. The highest BCUT2D eigenvalue weighted by molar-refractivity contribution is 6.04. The standard InChI is InChI=1S/C31H33NO4/c1-6-35-26-15-20(12-14-25(26)36-30(34)18(2)3)27-28-21-10-8-7-9-19(21)11-13-22(28)32-23-16-31(4,5)17-24(33)29(23)27/h7-15,18,27,32H,6,16-17H2,1-5H3. The number of ether oxygens (including phenoxy) is 2. The maximum atomic E-state index is 13.7. The molecule has 1 unspecified atom stereocenters. The van der Waals surface area contributed by atoms with Gasteiger partial charge in [0.25, 0.3) is 0 Å². The number of rotatable bonds is 5. The molecule has 5 nitrogen and oxygen atoms in total. The van der Waals surface area contributed by atoms with E-state index < -0.39 is 0 Å². The van der Waals surface area contributed by atoms with Crippen molar-refractivity contribution in [3.05, 3.63) is 77.0 Å². The van der Waals surface area contributed by atoms with Gasteiger partial charge in [-0.05, 0) is 58.9 Å². The first-order valence-electron chi connectivity index (χ1n) is 12.7. The normalized spacial score (nSPS) is 18.5. The molecule has 0 saturated carbocycles. The van der Waals surface area contributed by atoms with E-state index in [-0.39, 0.29) is 29.0 Å². The first-order valence-corrected chi connectivity index (χ1v) is 12.7. The van der Waals surface area contributed by atoms with Gasteiger partial charge < -0.3 is 14.8 Å². The van der Waals surface area contributed by atoms with Crippen LogP contribution in [0, 0.1) is 11.3 Å². The van der Waals surface area contributed by atoms with Crippen LogP contribution in [0.4, 0.5) is 5.69 Å². The zero-order chi connectivity index (χ0) is 25.6. The van der Waals surface area contributed by atoms with Crippen LogP contribution in [0.2, 0.25) is 0 Å². The second-order valence-electron chi connectivity index (χ2n) is 10.9. The molecule has 186 valence electrons. The number of esters is 1. The van der Waals surface area contributed by atoms with Crippen molar-refractivity contribution in [3.8, 4) is 11.5 Å². The lowest BCUT2D eigenvalue weighted by Crippen LogP contribution is -2.33. The molecule has 0 spiro atoms. The Morgan fingerprint density at radius 1 is 1.06 bits per heavy atom. The minimum Gasteiger partial charge on any atom is -0.490 e. The summed E-state index contributed by atoms with van der Waals surface area (Å²) in [7, 11) is 0. The molecule has 1 N–H and O–H groups in total. The molecule has 0 amide bonds. The molecule has 0 radical (unpaired) electrons. The summed E-state index contributed by atoms with van der Waals surface area (Å²) in [5, 5.41) is 5.87. The smallest absolute Gasteiger partial charge is 0.313 e. The summed E-state index contributed by atoms with van der Waals surface area (Å²) in [6, 6.07) is 18.2. The predicted octanol–water partition coefficient (Wildman–Crippen LogP) is 7.00. The maximum absolute atomic E-state index is 13.7. The molecule has 0 aromatic heterocycles. The summed E-state index contributed by atoms with van der Waals surface area (Å²) in [6.45, 7) is 10.2. The number of allylic oxidation sites excluding steroid dienone is 2. The third-order valence-electron chi connectivity index (χ3n) is 7.04. The van der Waals surface area contributed by atoms with Crippen molar-refractivity contribution < 1.29 is 19.1 Å². The zero-order valence-corrected chi connectivity index (χ0v) is 21.6. The van der Waals surface area contributed by atoms with Crippen LogP contribution in [0.5, 0.6) is 11.5 Å². The second kappa shape index (κ2) is 9.12. The molecule has 2 aliphatic rings. The number of hydrogen-bond acceptors (Lipinski definition) is 5. The molecule has 1 atom stereocenters. The van der Waals surface area contributed by atoms with Crippen molar-refractivity contribution in [2.75, 3.05) is 11.9 Å². The third-order valence-corrected chi connectivity index (χ3v) is 7.04. The summed E-state index contributed by atoms with van der Waals surface area (Å²) in [5.74, 6) is 0.270. The number of carbonyl (C=O) groups is 2. The number of ketones is 1. The van der Waals surface area contributed by atoms with E-state index in [1.54, 1.807) is 19.9 Å². The molecule has 3 aromatic carbocycles. The Morgan fingerprint density at radius 3 is 2.58 bits per heavy atom. The minimum atomic E-state index is -0.309. The summed E-state index contributed by atoms with van der Waals surface area (Å²) < 4.78 is 11.6. The van der Waals surface area contributed by atoms with Crippen molar-refractivity contribution in [2.24, 2.45) is 11.3 Å². The van der Waals surface area contributed by atoms with Gasteiger partial charge in [0.05, 0.1) is 12.5 Å². The largest absolute Gasteiger partial charge is 0.490 e.